The van der Waals surface area contributed by atoms with Gasteiger partial charge in [0.2, 0.25) is 0 Å². The Morgan fingerprint density at radius 2 is 2.10 bits per heavy atom. The van der Waals surface area contributed by atoms with Gasteiger partial charge in [0, 0.05) is 5.71 Å². The summed E-state index contributed by atoms with van der Waals surface area (Å²) in [4.78, 5) is 0. The Hall–Kier alpha value is -0.330. The third-order valence-electron chi connectivity index (χ3n) is 1.89. The Morgan fingerprint density at radius 3 is 2.50 bits per heavy atom. The first-order valence-electron chi connectivity index (χ1n) is 4.24. The SMILES string of the molecule is CC(C)CC(=N)CC1CC1. The maximum atomic E-state index is 7.59. The van der Waals surface area contributed by atoms with Crippen LogP contribution in [-0.4, -0.2) is 5.71 Å². The van der Waals surface area contributed by atoms with Gasteiger partial charge in [-0.2, -0.15) is 0 Å². The smallest absolute Gasteiger partial charge is 0.00944 e. The molecule has 0 aromatic carbocycles. The first-order chi connectivity index (χ1) is 4.68. The van der Waals surface area contributed by atoms with E-state index in [1.807, 2.05) is 0 Å². The van der Waals surface area contributed by atoms with Crippen molar-refractivity contribution in [2.45, 2.75) is 39.5 Å². The van der Waals surface area contributed by atoms with E-state index < -0.39 is 0 Å². The lowest BCUT2D eigenvalue weighted by atomic mass is 10.0. The molecule has 0 saturated heterocycles. The van der Waals surface area contributed by atoms with Crippen molar-refractivity contribution in [2.24, 2.45) is 11.8 Å². The standard InChI is InChI=1S/C9H17N/c1-7(2)5-9(10)6-8-3-4-8/h7-8,10H,3-6H2,1-2H3. The number of hydrogen-bond acceptors (Lipinski definition) is 1. The summed E-state index contributed by atoms with van der Waals surface area (Å²) in [6.45, 7) is 4.36. The minimum Gasteiger partial charge on any atom is -0.310 e. The van der Waals surface area contributed by atoms with Gasteiger partial charge in [-0.25, -0.2) is 0 Å². The molecule has 0 unspecified atom stereocenters. The van der Waals surface area contributed by atoms with Crippen molar-refractivity contribution in [2.75, 3.05) is 0 Å². The predicted octanol–water partition coefficient (Wildman–Crippen LogP) is 2.85. The number of nitrogens with one attached hydrogen (secondary N) is 1. The van der Waals surface area contributed by atoms with Crippen LogP contribution < -0.4 is 0 Å². The highest BCUT2D eigenvalue weighted by molar-refractivity contribution is 5.81. The van der Waals surface area contributed by atoms with Crippen LogP contribution in [0.5, 0.6) is 0 Å². The van der Waals surface area contributed by atoms with Crippen LogP contribution in [-0.2, 0) is 0 Å². The predicted molar refractivity (Wildman–Crippen MR) is 44.5 cm³/mol. The number of hydrogen-bond donors (Lipinski definition) is 1. The molecule has 0 heterocycles. The van der Waals surface area contributed by atoms with Crippen LogP contribution in [0.25, 0.3) is 0 Å². The van der Waals surface area contributed by atoms with Crippen molar-refractivity contribution in [3.63, 3.8) is 0 Å². The lowest BCUT2D eigenvalue weighted by Crippen LogP contribution is -2.02. The highest BCUT2D eigenvalue weighted by Gasteiger charge is 2.22. The topological polar surface area (TPSA) is 23.9 Å². The van der Waals surface area contributed by atoms with Crippen LogP contribution in [0.4, 0.5) is 0 Å². The summed E-state index contributed by atoms with van der Waals surface area (Å²) in [6, 6.07) is 0. The van der Waals surface area contributed by atoms with Gasteiger partial charge in [0.15, 0.2) is 0 Å². The maximum absolute atomic E-state index is 7.59. The van der Waals surface area contributed by atoms with Gasteiger partial charge in [-0.3, -0.25) is 0 Å². The summed E-state index contributed by atoms with van der Waals surface area (Å²) in [5.41, 5.74) is 0.970. The molecule has 0 aliphatic heterocycles. The van der Waals surface area contributed by atoms with Crippen molar-refractivity contribution < 1.29 is 0 Å². The first-order valence-corrected chi connectivity index (χ1v) is 4.24. The molecule has 0 amide bonds. The van der Waals surface area contributed by atoms with Gasteiger partial charge in [0.05, 0.1) is 0 Å². The summed E-state index contributed by atoms with van der Waals surface area (Å²) in [7, 11) is 0. The monoisotopic (exact) mass is 139 g/mol. The molecule has 0 bridgehead atoms. The number of rotatable bonds is 4. The molecular weight excluding hydrogens is 122 g/mol. The van der Waals surface area contributed by atoms with Crippen molar-refractivity contribution in [3.8, 4) is 0 Å². The fourth-order valence-electron chi connectivity index (χ4n) is 1.25. The molecule has 0 aromatic rings. The minimum atomic E-state index is 0.672. The molecule has 1 saturated carbocycles. The first kappa shape index (κ1) is 7.77. The van der Waals surface area contributed by atoms with E-state index >= 15 is 0 Å². The molecule has 0 atom stereocenters. The Balaban J connectivity index is 2.08. The molecule has 0 radical (unpaired) electrons. The molecule has 1 nitrogen and oxygen atoms in total. The van der Waals surface area contributed by atoms with Gasteiger partial charge < -0.3 is 5.41 Å². The Kier molecular flexibility index (Phi) is 2.47. The summed E-state index contributed by atoms with van der Waals surface area (Å²) < 4.78 is 0. The molecule has 1 aliphatic carbocycles. The van der Waals surface area contributed by atoms with Crippen LogP contribution >= 0.6 is 0 Å². The van der Waals surface area contributed by atoms with Crippen LogP contribution in [0.15, 0.2) is 0 Å². The lowest BCUT2D eigenvalue weighted by molar-refractivity contribution is 0.667. The zero-order valence-corrected chi connectivity index (χ0v) is 6.98. The second-order valence-corrected chi connectivity index (χ2v) is 3.85. The van der Waals surface area contributed by atoms with Gasteiger partial charge in [0.25, 0.3) is 0 Å². The van der Waals surface area contributed by atoms with E-state index in [0.717, 1.165) is 24.5 Å². The van der Waals surface area contributed by atoms with Gasteiger partial charge in [-0.05, 0) is 37.5 Å². The maximum Gasteiger partial charge on any atom is 0.00944 e. The summed E-state index contributed by atoms with van der Waals surface area (Å²) in [6.07, 6.45) is 4.84. The molecule has 1 aliphatic rings. The molecule has 0 spiro atoms. The van der Waals surface area contributed by atoms with Crippen LogP contribution in [0, 0.1) is 17.2 Å². The van der Waals surface area contributed by atoms with Crippen molar-refractivity contribution in [1.82, 2.24) is 0 Å². The molecule has 1 fully saturated rings. The minimum absolute atomic E-state index is 0.672. The van der Waals surface area contributed by atoms with Crippen LogP contribution in [0.2, 0.25) is 0 Å². The Labute approximate surface area is 63.3 Å². The van der Waals surface area contributed by atoms with Crippen molar-refractivity contribution in [1.29, 1.82) is 5.41 Å². The van der Waals surface area contributed by atoms with E-state index in [1.54, 1.807) is 0 Å². The quantitative estimate of drug-likeness (QED) is 0.579. The molecule has 1 N–H and O–H groups in total. The largest absolute Gasteiger partial charge is 0.310 e. The molecule has 10 heavy (non-hydrogen) atoms. The highest BCUT2D eigenvalue weighted by atomic mass is 14.4. The fourth-order valence-corrected chi connectivity index (χ4v) is 1.25. The van der Waals surface area contributed by atoms with E-state index in [2.05, 4.69) is 13.8 Å². The third-order valence-corrected chi connectivity index (χ3v) is 1.89. The van der Waals surface area contributed by atoms with Gasteiger partial charge in [-0.15, -0.1) is 0 Å². The second kappa shape index (κ2) is 3.18. The zero-order valence-electron chi connectivity index (χ0n) is 6.98. The van der Waals surface area contributed by atoms with E-state index in [-0.39, 0.29) is 0 Å². The van der Waals surface area contributed by atoms with Crippen molar-refractivity contribution >= 4 is 5.71 Å². The molecule has 1 rings (SSSR count). The van der Waals surface area contributed by atoms with Gasteiger partial charge in [0.1, 0.15) is 0 Å². The van der Waals surface area contributed by atoms with Crippen LogP contribution in [0.3, 0.4) is 0 Å². The summed E-state index contributed by atoms with van der Waals surface area (Å²) in [5.74, 6) is 1.57. The third kappa shape index (κ3) is 3.00. The second-order valence-electron chi connectivity index (χ2n) is 3.85. The van der Waals surface area contributed by atoms with E-state index in [4.69, 9.17) is 5.41 Å². The Morgan fingerprint density at radius 1 is 1.50 bits per heavy atom. The van der Waals surface area contributed by atoms with E-state index in [1.165, 1.54) is 12.8 Å². The molecular formula is C9H17N. The average Bonchev–Trinajstić information content (AvgIpc) is 2.46. The molecule has 0 aromatic heterocycles. The van der Waals surface area contributed by atoms with Crippen LogP contribution in [0.1, 0.15) is 39.5 Å². The van der Waals surface area contributed by atoms with Crippen molar-refractivity contribution in [3.05, 3.63) is 0 Å². The van der Waals surface area contributed by atoms with Gasteiger partial charge in [-0.1, -0.05) is 13.8 Å². The fraction of sp³-hybridized carbons (Fsp3) is 0.889. The molecule has 58 valence electrons. The normalized spacial score (nSPS) is 17.9. The molecule has 1 heteroatoms. The average molecular weight is 139 g/mol. The van der Waals surface area contributed by atoms with E-state index in [0.29, 0.717) is 5.92 Å². The van der Waals surface area contributed by atoms with Gasteiger partial charge >= 0.3 is 0 Å². The summed E-state index contributed by atoms with van der Waals surface area (Å²) >= 11 is 0. The van der Waals surface area contributed by atoms with E-state index in [9.17, 15) is 0 Å². The summed E-state index contributed by atoms with van der Waals surface area (Å²) in [5, 5.41) is 7.59. The zero-order chi connectivity index (χ0) is 7.56. The Bertz CT molecular complexity index is 117. The highest BCUT2D eigenvalue weighted by Crippen LogP contribution is 2.33. The lowest BCUT2D eigenvalue weighted by Gasteiger charge is -2.04.